The van der Waals surface area contributed by atoms with Gasteiger partial charge in [0.15, 0.2) is 11.9 Å². The third-order valence-corrected chi connectivity index (χ3v) is 9.34. The molecule has 1 fully saturated rings. The van der Waals surface area contributed by atoms with Crippen molar-refractivity contribution in [1.29, 1.82) is 0 Å². The van der Waals surface area contributed by atoms with Gasteiger partial charge in [-0.25, -0.2) is 0 Å². The van der Waals surface area contributed by atoms with E-state index in [2.05, 4.69) is 41.9 Å². The summed E-state index contributed by atoms with van der Waals surface area (Å²) >= 11 is 0. The van der Waals surface area contributed by atoms with E-state index in [-0.39, 0.29) is 62.5 Å². The van der Waals surface area contributed by atoms with Gasteiger partial charge in [0.05, 0.1) is 6.04 Å². The van der Waals surface area contributed by atoms with Crippen LogP contribution in [-0.4, -0.2) is 103 Å². The Kier molecular flexibility index (Phi) is 22.2. The molecule has 0 aliphatic heterocycles. The van der Waals surface area contributed by atoms with Gasteiger partial charge in [-0.05, 0) is 75.5 Å². The number of aliphatic imine (C=N–C) groups is 2. The van der Waals surface area contributed by atoms with Crippen molar-refractivity contribution in [1.82, 2.24) is 31.9 Å². The minimum atomic E-state index is -1.10. The lowest BCUT2D eigenvalue weighted by atomic mass is 9.82. The summed E-state index contributed by atoms with van der Waals surface area (Å²) in [6.07, 6.45) is 6.37. The molecule has 57 heavy (non-hydrogen) atoms. The van der Waals surface area contributed by atoms with Crippen molar-refractivity contribution >= 4 is 53.6 Å². The van der Waals surface area contributed by atoms with Gasteiger partial charge in [-0.3, -0.25) is 38.8 Å². The van der Waals surface area contributed by atoms with Crippen LogP contribution in [0.2, 0.25) is 0 Å². The number of hydrogen-bond acceptors (Lipinski definition) is 9. The summed E-state index contributed by atoms with van der Waals surface area (Å²) in [5, 5.41) is 16.5. The van der Waals surface area contributed by atoms with Crippen LogP contribution in [0, 0.1) is 17.3 Å². The second-order valence-corrected chi connectivity index (χ2v) is 16.5. The fraction of sp³-hybridized carbons (Fsp3) is 0.763. The smallest absolute Gasteiger partial charge is 0.243 e. The van der Waals surface area contributed by atoms with Gasteiger partial charge in [0.25, 0.3) is 0 Å². The monoisotopic (exact) mass is 807 g/mol. The number of aldehydes is 1. The molecule has 0 saturated heterocycles. The molecule has 14 N–H and O–H groups in total. The Bertz CT molecular complexity index is 1400. The summed E-state index contributed by atoms with van der Waals surface area (Å²) in [5.41, 5.74) is 21.0. The molecule has 0 aromatic carbocycles. The van der Waals surface area contributed by atoms with E-state index in [9.17, 15) is 33.6 Å². The molecule has 1 rings (SSSR count). The molecular formula is C38H70N12O7. The lowest BCUT2D eigenvalue weighted by Crippen LogP contribution is -2.61. The van der Waals surface area contributed by atoms with Crippen molar-refractivity contribution in [3.8, 4) is 0 Å². The first-order chi connectivity index (χ1) is 26.6. The van der Waals surface area contributed by atoms with Crippen LogP contribution in [0.5, 0.6) is 0 Å². The fourth-order valence-electron chi connectivity index (χ4n) is 6.58. The van der Waals surface area contributed by atoms with Crippen LogP contribution in [0.3, 0.4) is 0 Å². The standard InChI is InChI=1S/C38H70N12O7/c1-22(2)19-28(48-32(54)27(46-24(4)52)16-12-18-44-37(41)42)33(55)49-29(20-38(5,6)7)34(56)50-30(25-13-9-8-10-14-25)35(57)45-23(3)31(53)47-26(21-51)15-11-17-43-36(39)40/h21-23,25-30H,8-20H2,1-7H3,(H,45,57)(H,46,52)(H,47,53)(H,48,54)(H,49,55)(H,50,56)(H4,39,40,43)(H4,41,42,44)/t23-,26-,27-,28-,29-,30-/m0/s1. The first kappa shape index (κ1) is 50.0. The lowest BCUT2D eigenvalue weighted by Gasteiger charge is -2.33. The van der Waals surface area contributed by atoms with Crippen LogP contribution in [0.4, 0.5) is 0 Å². The fourth-order valence-corrected chi connectivity index (χ4v) is 6.58. The van der Waals surface area contributed by atoms with Gasteiger partial charge < -0.3 is 59.6 Å². The molecule has 1 aliphatic carbocycles. The molecule has 6 atom stereocenters. The van der Waals surface area contributed by atoms with E-state index in [1.165, 1.54) is 13.8 Å². The van der Waals surface area contributed by atoms with E-state index in [1.807, 2.05) is 34.6 Å². The number of nitrogens with one attached hydrogen (secondary N) is 6. The van der Waals surface area contributed by atoms with Crippen LogP contribution in [-0.2, 0) is 33.6 Å². The SMILES string of the molecule is CC(=O)N[C@@H](CCCN=C(N)N)C(=O)N[C@@H](CC(C)C)C(=O)N[C@@H](CC(C)(C)C)C(=O)N[C@H](C(=O)N[C@@H](C)C(=O)N[C@H](C=O)CCCN=C(N)N)C1CCCCC1. The van der Waals surface area contributed by atoms with E-state index in [1.54, 1.807) is 0 Å². The predicted molar refractivity (Wildman–Crippen MR) is 219 cm³/mol. The van der Waals surface area contributed by atoms with Crippen molar-refractivity contribution in [3.63, 3.8) is 0 Å². The zero-order valence-corrected chi connectivity index (χ0v) is 35.0. The van der Waals surface area contributed by atoms with Gasteiger partial charge in [0.1, 0.15) is 36.5 Å². The predicted octanol–water partition coefficient (Wildman–Crippen LogP) is -0.696. The number of nitrogens with zero attached hydrogens (tertiary/aromatic N) is 2. The van der Waals surface area contributed by atoms with Crippen molar-refractivity contribution in [3.05, 3.63) is 0 Å². The molecule has 19 heteroatoms. The first-order valence-electron chi connectivity index (χ1n) is 20.0. The quantitative estimate of drug-likeness (QED) is 0.0252. The van der Waals surface area contributed by atoms with E-state index in [0.29, 0.717) is 32.0 Å². The minimum Gasteiger partial charge on any atom is -0.370 e. The highest BCUT2D eigenvalue weighted by Crippen LogP contribution is 2.28. The zero-order valence-electron chi connectivity index (χ0n) is 35.0. The zero-order chi connectivity index (χ0) is 43.3. The van der Waals surface area contributed by atoms with Crippen molar-refractivity contribution in [2.75, 3.05) is 13.1 Å². The highest BCUT2D eigenvalue weighted by Gasteiger charge is 2.37. The topological polar surface area (TPSA) is 320 Å². The largest absolute Gasteiger partial charge is 0.370 e. The molecule has 0 spiro atoms. The Labute approximate surface area is 337 Å². The van der Waals surface area contributed by atoms with Gasteiger partial charge in [-0.15, -0.1) is 0 Å². The summed E-state index contributed by atoms with van der Waals surface area (Å²) in [6.45, 7) is 12.8. The van der Waals surface area contributed by atoms with Gasteiger partial charge in [-0.2, -0.15) is 0 Å². The number of rotatable bonds is 24. The van der Waals surface area contributed by atoms with Crippen LogP contribution in [0.1, 0.15) is 119 Å². The Morgan fingerprint density at radius 3 is 1.70 bits per heavy atom. The third kappa shape index (κ3) is 21.2. The van der Waals surface area contributed by atoms with Crippen LogP contribution >= 0.6 is 0 Å². The lowest BCUT2D eigenvalue weighted by molar-refractivity contribution is -0.136. The van der Waals surface area contributed by atoms with E-state index in [0.717, 1.165) is 19.3 Å². The molecule has 0 aromatic rings. The molecule has 1 aliphatic rings. The summed E-state index contributed by atoms with van der Waals surface area (Å²) in [5.74, 6) is -3.80. The van der Waals surface area contributed by atoms with E-state index in [4.69, 9.17) is 22.9 Å². The van der Waals surface area contributed by atoms with E-state index >= 15 is 0 Å². The number of guanidine groups is 2. The second-order valence-electron chi connectivity index (χ2n) is 16.5. The van der Waals surface area contributed by atoms with Gasteiger partial charge in [-0.1, -0.05) is 53.9 Å². The van der Waals surface area contributed by atoms with Crippen LogP contribution in [0.25, 0.3) is 0 Å². The summed E-state index contributed by atoms with van der Waals surface area (Å²) in [7, 11) is 0. The molecule has 6 amide bonds. The molecule has 0 bridgehead atoms. The van der Waals surface area contributed by atoms with Crippen molar-refractivity contribution in [2.45, 2.75) is 155 Å². The Morgan fingerprint density at radius 1 is 0.667 bits per heavy atom. The molecule has 19 nitrogen and oxygen atoms in total. The Morgan fingerprint density at radius 2 is 1.19 bits per heavy atom. The van der Waals surface area contributed by atoms with Crippen molar-refractivity contribution in [2.24, 2.45) is 50.2 Å². The molecular weight excluding hydrogens is 736 g/mol. The third-order valence-electron chi connectivity index (χ3n) is 9.34. The average molecular weight is 807 g/mol. The summed E-state index contributed by atoms with van der Waals surface area (Å²) < 4.78 is 0. The van der Waals surface area contributed by atoms with Crippen molar-refractivity contribution < 1.29 is 33.6 Å². The van der Waals surface area contributed by atoms with Crippen LogP contribution < -0.4 is 54.8 Å². The normalized spacial score (nSPS) is 16.3. The number of carbonyl (C=O) groups is 7. The minimum absolute atomic E-state index is 0.0397. The molecule has 0 unspecified atom stereocenters. The van der Waals surface area contributed by atoms with E-state index < -0.39 is 77.1 Å². The molecule has 0 heterocycles. The molecule has 0 radical (unpaired) electrons. The Hall–Kier alpha value is -4.97. The first-order valence-corrected chi connectivity index (χ1v) is 20.0. The van der Waals surface area contributed by atoms with Gasteiger partial charge in [0.2, 0.25) is 35.4 Å². The highest BCUT2D eigenvalue weighted by atomic mass is 16.2. The molecule has 0 aromatic heterocycles. The molecule has 1 saturated carbocycles. The summed E-state index contributed by atoms with van der Waals surface area (Å²) in [4.78, 5) is 99.9. The highest BCUT2D eigenvalue weighted by molar-refractivity contribution is 5.96. The maximum absolute atomic E-state index is 14.2. The second kappa shape index (κ2) is 25.3. The van der Waals surface area contributed by atoms with Gasteiger partial charge in [0, 0.05) is 20.0 Å². The Balaban J connectivity index is 3.25. The molecule has 324 valence electrons. The van der Waals surface area contributed by atoms with Gasteiger partial charge >= 0.3 is 0 Å². The average Bonchev–Trinajstić information content (AvgIpc) is 3.11. The number of hydrogen-bond donors (Lipinski definition) is 10. The maximum Gasteiger partial charge on any atom is 0.243 e. The number of carbonyl (C=O) groups excluding carboxylic acids is 7. The number of nitrogens with two attached hydrogens (primary N) is 4. The van der Waals surface area contributed by atoms with Crippen LogP contribution in [0.15, 0.2) is 9.98 Å². The number of amides is 6. The maximum atomic E-state index is 14.2. The summed E-state index contributed by atoms with van der Waals surface area (Å²) in [6, 6.07) is -6.00.